The molecular weight excluding hydrogens is 258 g/mol. The van der Waals surface area contributed by atoms with Crippen LogP contribution in [0.5, 0.6) is 0 Å². The van der Waals surface area contributed by atoms with Crippen molar-refractivity contribution in [2.24, 2.45) is 7.05 Å². The first-order chi connectivity index (χ1) is 9.47. The molecule has 0 fully saturated rings. The van der Waals surface area contributed by atoms with E-state index in [1.807, 2.05) is 13.8 Å². The van der Waals surface area contributed by atoms with Gasteiger partial charge in [-0.3, -0.25) is 9.78 Å². The average Bonchev–Trinajstić information content (AvgIpc) is 2.41. The molecule has 0 aromatic carbocycles. The first kappa shape index (κ1) is 14.0. The summed E-state index contributed by atoms with van der Waals surface area (Å²) in [6, 6.07) is 1.74. The lowest BCUT2D eigenvalue weighted by Crippen LogP contribution is -2.30. The van der Waals surface area contributed by atoms with Crippen LogP contribution in [0.15, 0.2) is 28.0 Å². The van der Waals surface area contributed by atoms with Gasteiger partial charge in [0.05, 0.1) is 5.56 Å². The zero-order valence-electron chi connectivity index (χ0n) is 11.7. The molecule has 2 heterocycles. The van der Waals surface area contributed by atoms with Crippen molar-refractivity contribution in [3.63, 3.8) is 0 Å². The fourth-order valence-corrected chi connectivity index (χ4v) is 1.68. The lowest BCUT2D eigenvalue weighted by Gasteiger charge is -2.08. The van der Waals surface area contributed by atoms with Crippen LogP contribution in [0.1, 0.15) is 31.2 Å². The monoisotopic (exact) mass is 275 g/mol. The number of aryl methyl sites for hydroxylation is 1. The molecule has 0 atom stereocenters. The number of hydrogen-bond donors (Lipinski definition) is 2. The van der Waals surface area contributed by atoms with E-state index in [-0.39, 0.29) is 12.5 Å². The molecule has 0 spiro atoms. The smallest absolute Gasteiger partial charge is 0.328 e. The van der Waals surface area contributed by atoms with Crippen molar-refractivity contribution in [3.8, 4) is 0 Å². The largest absolute Gasteiger partial charge is 0.366 e. The molecule has 2 aromatic heterocycles. The van der Waals surface area contributed by atoms with Crippen LogP contribution >= 0.6 is 0 Å². The number of nitrogens with one attached hydrogen (secondary N) is 2. The number of nitrogens with zero attached hydrogens (tertiary/aromatic N) is 3. The fraction of sp³-hybridized carbons (Fsp3) is 0.385. The lowest BCUT2D eigenvalue weighted by molar-refractivity contribution is 0.768. The van der Waals surface area contributed by atoms with E-state index in [1.165, 1.54) is 10.8 Å². The molecule has 0 aliphatic heterocycles. The van der Waals surface area contributed by atoms with Crippen molar-refractivity contribution in [1.82, 2.24) is 19.5 Å². The van der Waals surface area contributed by atoms with Gasteiger partial charge in [0.25, 0.3) is 5.56 Å². The summed E-state index contributed by atoms with van der Waals surface area (Å²) in [5, 5.41) is 3.06. The van der Waals surface area contributed by atoms with Crippen LogP contribution in [-0.4, -0.2) is 19.5 Å². The van der Waals surface area contributed by atoms with Crippen LogP contribution < -0.4 is 16.6 Å². The summed E-state index contributed by atoms with van der Waals surface area (Å²) in [6.07, 6.45) is 3.19. The summed E-state index contributed by atoms with van der Waals surface area (Å²) in [5.74, 6) is 1.62. The molecule has 7 nitrogen and oxygen atoms in total. The van der Waals surface area contributed by atoms with Gasteiger partial charge >= 0.3 is 5.69 Å². The molecule has 20 heavy (non-hydrogen) atoms. The third-order valence-electron chi connectivity index (χ3n) is 2.83. The molecule has 0 aliphatic carbocycles. The van der Waals surface area contributed by atoms with Crippen LogP contribution in [0.2, 0.25) is 0 Å². The first-order valence-electron chi connectivity index (χ1n) is 6.33. The number of hydrogen-bond acceptors (Lipinski definition) is 5. The van der Waals surface area contributed by atoms with E-state index in [1.54, 1.807) is 19.3 Å². The summed E-state index contributed by atoms with van der Waals surface area (Å²) in [5.41, 5.74) is -0.349. The Labute approximate surface area is 115 Å². The highest BCUT2D eigenvalue weighted by atomic mass is 16.2. The van der Waals surface area contributed by atoms with Gasteiger partial charge in [-0.05, 0) is 6.07 Å². The predicted molar refractivity (Wildman–Crippen MR) is 75.8 cm³/mol. The Kier molecular flexibility index (Phi) is 3.97. The molecule has 7 heteroatoms. The summed E-state index contributed by atoms with van der Waals surface area (Å²) < 4.78 is 1.33. The molecule has 0 amide bonds. The maximum Gasteiger partial charge on any atom is 0.328 e. The van der Waals surface area contributed by atoms with Gasteiger partial charge in [0.2, 0.25) is 0 Å². The molecule has 106 valence electrons. The maximum atomic E-state index is 11.6. The van der Waals surface area contributed by atoms with E-state index in [0.29, 0.717) is 11.4 Å². The molecule has 0 radical (unpaired) electrons. The van der Waals surface area contributed by atoms with Gasteiger partial charge in [-0.25, -0.2) is 14.8 Å². The molecule has 0 aliphatic rings. The highest BCUT2D eigenvalue weighted by Crippen LogP contribution is 2.11. The Bertz CT molecular complexity index is 717. The summed E-state index contributed by atoms with van der Waals surface area (Å²) in [7, 11) is 1.59. The predicted octanol–water partition coefficient (Wildman–Crippen LogP) is 0.599. The van der Waals surface area contributed by atoms with E-state index in [2.05, 4.69) is 20.3 Å². The zero-order valence-corrected chi connectivity index (χ0v) is 11.7. The number of aromatic amines is 1. The minimum absolute atomic E-state index is 0.234. The van der Waals surface area contributed by atoms with Crippen LogP contribution in [-0.2, 0) is 13.6 Å². The lowest BCUT2D eigenvalue weighted by atomic mass is 10.2. The van der Waals surface area contributed by atoms with Crippen molar-refractivity contribution in [1.29, 1.82) is 0 Å². The Morgan fingerprint density at radius 3 is 2.85 bits per heavy atom. The van der Waals surface area contributed by atoms with E-state index < -0.39 is 11.2 Å². The molecular formula is C13H17N5O2. The highest BCUT2D eigenvalue weighted by molar-refractivity contribution is 5.34. The minimum Gasteiger partial charge on any atom is -0.366 e. The van der Waals surface area contributed by atoms with E-state index in [0.717, 1.165) is 5.82 Å². The number of rotatable bonds is 4. The van der Waals surface area contributed by atoms with Crippen molar-refractivity contribution < 1.29 is 0 Å². The second kappa shape index (κ2) is 5.68. The summed E-state index contributed by atoms with van der Waals surface area (Å²) in [6.45, 7) is 4.31. The Morgan fingerprint density at radius 1 is 1.40 bits per heavy atom. The van der Waals surface area contributed by atoms with E-state index in [9.17, 15) is 9.59 Å². The van der Waals surface area contributed by atoms with E-state index in [4.69, 9.17) is 0 Å². The fourth-order valence-electron chi connectivity index (χ4n) is 1.68. The molecule has 0 unspecified atom stereocenters. The average molecular weight is 275 g/mol. The molecule has 2 N–H and O–H groups in total. The van der Waals surface area contributed by atoms with E-state index >= 15 is 0 Å². The normalized spacial score (nSPS) is 10.8. The maximum absolute atomic E-state index is 11.6. The van der Waals surface area contributed by atoms with Crippen LogP contribution in [0.3, 0.4) is 0 Å². The molecule has 2 aromatic rings. The standard InChI is InChI=1S/C13H17N5O2/c1-8(2)11-14-5-4-10(16-11)15-6-9-7-18(3)13(20)17-12(9)19/h4-5,7-8H,6H2,1-3H3,(H,14,15,16)(H,17,19,20). The Hall–Kier alpha value is -2.44. The van der Waals surface area contributed by atoms with Gasteiger partial charge in [0.1, 0.15) is 11.6 Å². The third kappa shape index (κ3) is 3.11. The van der Waals surface area contributed by atoms with Gasteiger partial charge in [0, 0.05) is 31.9 Å². The molecule has 2 rings (SSSR count). The van der Waals surface area contributed by atoms with Crippen molar-refractivity contribution in [2.75, 3.05) is 5.32 Å². The van der Waals surface area contributed by atoms with Crippen molar-refractivity contribution in [3.05, 3.63) is 50.7 Å². The zero-order chi connectivity index (χ0) is 14.7. The highest BCUT2D eigenvalue weighted by Gasteiger charge is 2.05. The van der Waals surface area contributed by atoms with Crippen molar-refractivity contribution in [2.45, 2.75) is 26.3 Å². The quantitative estimate of drug-likeness (QED) is 0.852. The molecule has 0 bridgehead atoms. The van der Waals surface area contributed by atoms with Gasteiger partial charge in [-0.2, -0.15) is 0 Å². The number of H-pyrrole nitrogens is 1. The number of anilines is 1. The SMILES string of the molecule is CC(C)c1nccc(NCc2cn(C)c(=O)[nH]c2=O)n1. The Balaban J connectivity index is 2.17. The second-order valence-corrected chi connectivity index (χ2v) is 4.83. The number of aromatic nitrogens is 4. The van der Waals surface area contributed by atoms with Gasteiger partial charge in [-0.1, -0.05) is 13.8 Å². The third-order valence-corrected chi connectivity index (χ3v) is 2.83. The summed E-state index contributed by atoms with van der Waals surface area (Å²) in [4.78, 5) is 33.7. The minimum atomic E-state index is -0.428. The first-order valence-corrected chi connectivity index (χ1v) is 6.33. The Morgan fingerprint density at radius 2 is 2.15 bits per heavy atom. The van der Waals surface area contributed by atoms with Crippen LogP contribution in [0.25, 0.3) is 0 Å². The molecule has 0 saturated carbocycles. The van der Waals surface area contributed by atoms with Crippen molar-refractivity contribution >= 4 is 5.82 Å². The van der Waals surface area contributed by atoms with Gasteiger partial charge in [0.15, 0.2) is 0 Å². The topological polar surface area (TPSA) is 92.7 Å². The summed E-state index contributed by atoms with van der Waals surface area (Å²) >= 11 is 0. The van der Waals surface area contributed by atoms with Gasteiger partial charge < -0.3 is 9.88 Å². The van der Waals surface area contributed by atoms with Crippen LogP contribution in [0.4, 0.5) is 5.82 Å². The second-order valence-electron chi connectivity index (χ2n) is 4.83. The van der Waals surface area contributed by atoms with Crippen LogP contribution in [0, 0.1) is 0 Å². The van der Waals surface area contributed by atoms with Gasteiger partial charge in [-0.15, -0.1) is 0 Å². The molecule has 0 saturated heterocycles.